The summed E-state index contributed by atoms with van der Waals surface area (Å²) >= 11 is 0. The minimum absolute atomic E-state index is 0.767. The van der Waals surface area contributed by atoms with Gasteiger partial charge in [0.05, 0.1) is 11.4 Å². The Morgan fingerprint density at radius 1 is 0.375 bits per heavy atom. The van der Waals surface area contributed by atoms with E-state index in [1.54, 1.807) is 0 Å². The number of hydrogen-bond donors (Lipinski definition) is 0. The van der Waals surface area contributed by atoms with E-state index in [4.69, 9.17) is 0 Å². The molecule has 11 rings (SSSR count). The summed E-state index contributed by atoms with van der Waals surface area (Å²) in [6, 6.07) is 71.1. The minimum atomic E-state index is 0.767. The standard InChI is InChI=1S/C54H36N2/c1-55-50-26-10-11-27-52(50)56-34-39-16-4-7-21-42(39)48-32-38(29-31-51(48)56)37-28-30-47-49(33-37)54(44-25-13-18-36-15-3-6-20-41(36)44)46-23-9-8-22-45(46)53(47)43-24-12-17-35-14-2-5-19-40(35)43/h2-33H,1,34H2. The predicted octanol–water partition coefficient (Wildman–Crippen LogP) is 15.0. The van der Waals surface area contributed by atoms with Gasteiger partial charge in [0.15, 0.2) is 0 Å². The van der Waals surface area contributed by atoms with E-state index in [1.165, 1.54) is 98.8 Å². The molecule has 2 nitrogen and oxygen atoms in total. The van der Waals surface area contributed by atoms with Gasteiger partial charge in [-0.15, -0.1) is 0 Å². The van der Waals surface area contributed by atoms with E-state index < -0.39 is 0 Å². The van der Waals surface area contributed by atoms with Crippen LogP contribution in [0.15, 0.2) is 199 Å². The molecule has 10 aromatic rings. The molecule has 0 radical (unpaired) electrons. The van der Waals surface area contributed by atoms with Crippen LogP contribution in [0.2, 0.25) is 0 Å². The van der Waals surface area contributed by atoms with Crippen LogP contribution in [0.5, 0.6) is 0 Å². The lowest BCUT2D eigenvalue weighted by Gasteiger charge is -2.34. The molecule has 0 unspecified atom stereocenters. The van der Waals surface area contributed by atoms with Crippen LogP contribution >= 0.6 is 0 Å². The fourth-order valence-corrected chi connectivity index (χ4v) is 9.21. The Morgan fingerprint density at radius 3 is 1.61 bits per heavy atom. The highest BCUT2D eigenvalue weighted by atomic mass is 15.2. The van der Waals surface area contributed by atoms with Gasteiger partial charge in [-0.1, -0.05) is 164 Å². The lowest BCUT2D eigenvalue weighted by Crippen LogP contribution is -2.21. The monoisotopic (exact) mass is 712 g/mol. The zero-order valence-corrected chi connectivity index (χ0v) is 30.8. The van der Waals surface area contributed by atoms with Gasteiger partial charge in [0.25, 0.3) is 0 Å². The van der Waals surface area contributed by atoms with Crippen molar-refractivity contribution < 1.29 is 0 Å². The Balaban J connectivity index is 1.20. The van der Waals surface area contributed by atoms with Crippen molar-refractivity contribution in [2.45, 2.75) is 6.54 Å². The molecule has 0 saturated carbocycles. The highest BCUT2D eigenvalue weighted by molar-refractivity contribution is 6.25. The average Bonchev–Trinajstić information content (AvgIpc) is 3.27. The second kappa shape index (κ2) is 12.9. The summed E-state index contributed by atoms with van der Waals surface area (Å²) in [6.07, 6.45) is 0. The molecule has 0 saturated heterocycles. The van der Waals surface area contributed by atoms with Crippen molar-refractivity contribution in [1.29, 1.82) is 0 Å². The smallest absolute Gasteiger partial charge is 0.0859 e. The Bertz CT molecular complexity index is 3200. The first kappa shape index (κ1) is 32.2. The molecule has 0 bridgehead atoms. The number of nitrogens with zero attached hydrogens (tertiary/aromatic N) is 2. The van der Waals surface area contributed by atoms with Crippen molar-refractivity contribution in [2.75, 3.05) is 4.90 Å². The molecule has 1 heterocycles. The van der Waals surface area contributed by atoms with E-state index in [0.717, 1.165) is 17.9 Å². The van der Waals surface area contributed by atoms with E-state index >= 15 is 0 Å². The number of hydrogen-bond acceptors (Lipinski definition) is 2. The van der Waals surface area contributed by atoms with E-state index in [9.17, 15) is 0 Å². The van der Waals surface area contributed by atoms with E-state index in [2.05, 4.69) is 199 Å². The maximum absolute atomic E-state index is 4.40. The Labute approximate surface area is 326 Å². The fourth-order valence-electron chi connectivity index (χ4n) is 9.21. The zero-order chi connectivity index (χ0) is 37.2. The normalized spacial score (nSPS) is 12.2. The molecule has 0 fully saturated rings. The third kappa shape index (κ3) is 5.00. The van der Waals surface area contributed by atoms with Gasteiger partial charge in [0.1, 0.15) is 0 Å². The maximum atomic E-state index is 4.40. The van der Waals surface area contributed by atoms with Gasteiger partial charge in [-0.2, -0.15) is 0 Å². The summed E-state index contributed by atoms with van der Waals surface area (Å²) in [7, 11) is 0. The van der Waals surface area contributed by atoms with E-state index in [-0.39, 0.29) is 0 Å². The molecular weight excluding hydrogens is 677 g/mol. The van der Waals surface area contributed by atoms with Gasteiger partial charge in [-0.3, -0.25) is 4.99 Å². The molecule has 0 spiro atoms. The van der Waals surface area contributed by atoms with Gasteiger partial charge in [0, 0.05) is 17.8 Å². The molecule has 1 aliphatic rings. The predicted molar refractivity (Wildman–Crippen MR) is 240 cm³/mol. The van der Waals surface area contributed by atoms with Crippen molar-refractivity contribution >= 4 is 66.9 Å². The summed E-state index contributed by atoms with van der Waals surface area (Å²) in [5.41, 5.74) is 14.3. The van der Waals surface area contributed by atoms with Crippen molar-refractivity contribution in [1.82, 2.24) is 0 Å². The summed E-state index contributed by atoms with van der Waals surface area (Å²) < 4.78 is 0. The molecule has 2 heteroatoms. The van der Waals surface area contributed by atoms with Crippen LogP contribution in [0.3, 0.4) is 0 Å². The third-order valence-corrected chi connectivity index (χ3v) is 11.7. The quantitative estimate of drug-likeness (QED) is 0.128. The van der Waals surface area contributed by atoms with Crippen LogP contribution in [-0.4, -0.2) is 6.72 Å². The topological polar surface area (TPSA) is 15.6 Å². The number of anilines is 2. The maximum Gasteiger partial charge on any atom is 0.0859 e. The molecule has 0 aliphatic carbocycles. The summed E-state index contributed by atoms with van der Waals surface area (Å²) in [6.45, 7) is 4.66. The number of aliphatic imine (C=N–C) groups is 1. The van der Waals surface area contributed by atoms with Crippen LogP contribution < -0.4 is 4.90 Å². The molecule has 0 atom stereocenters. The first-order valence-corrected chi connectivity index (χ1v) is 19.3. The largest absolute Gasteiger partial charge is 0.335 e. The Kier molecular flexibility index (Phi) is 7.43. The molecular formula is C54H36N2. The van der Waals surface area contributed by atoms with Crippen LogP contribution in [0.1, 0.15) is 5.56 Å². The summed E-state index contributed by atoms with van der Waals surface area (Å²) in [5, 5.41) is 9.99. The van der Waals surface area contributed by atoms with Crippen molar-refractivity contribution in [3.8, 4) is 44.5 Å². The summed E-state index contributed by atoms with van der Waals surface area (Å²) in [5.74, 6) is 0. The Hall–Kier alpha value is -7.29. The second-order valence-corrected chi connectivity index (χ2v) is 14.7. The first-order valence-electron chi connectivity index (χ1n) is 19.3. The van der Waals surface area contributed by atoms with Gasteiger partial charge in [-0.25, -0.2) is 0 Å². The summed E-state index contributed by atoms with van der Waals surface area (Å²) in [4.78, 5) is 6.78. The van der Waals surface area contributed by atoms with Crippen LogP contribution in [-0.2, 0) is 6.54 Å². The average molecular weight is 713 g/mol. The highest BCUT2D eigenvalue weighted by Crippen LogP contribution is 2.49. The molecule has 0 N–H and O–H groups in total. The number of rotatable bonds is 5. The van der Waals surface area contributed by atoms with Crippen LogP contribution in [0.4, 0.5) is 17.1 Å². The van der Waals surface area contributed by atoms with Crippen LogP contribution in [0, 0.1) is 0 Å². The number of para-hydroxylation sites is 2. The van der Waals surface area contributed by atoms with Gasteiger partial charge >= 0.3 is 0 Å². The number of fused-ring (bicyclic) bond motifs is 7. The molecule has 1 aliphatic heterocycles. The van der Waals surface area contributed by atoms with E-state index in [0.29, 0.717) is 0 Å². The molecule has 0 amide bonds. The Morgan fingerprint density at radius 2 is 0.893 bits per heavy atom. The third-order valence-electron chi connectivity index (χ3n) is 11.7. The molecule has 262 valence electrons. The van der Waals surface area contributed by atoms with Gasteiger partial charge < -0.3 is 4.90 Å². The number of benzene rings is 10. The lowest BCUT2D eigenvalue weighted by atomic mass is 9.82. The van der Waals surface area contributed by atoms with Crippen LogP contribution in [0.25, 0.3) is 87.6 Å². The molecule has 0 aromatic heterocycles. The highest BCUT2D eigenvalue weighted by Gasteiger charge is 2.26. The second-order valence-electron chi connectivity index (χ2n) is 14.7. The molecule has 10 aromatic carbocycles. The lowest BCUT2D eigenvalue weighted by molar-refractivity contribution is 0.961. The van der Waals surface area contributed by atoms with E-state index in [1.807, 2.05) is 12.1 Å². The minimum Gasteiger partial charge on any atom is -0.335 e. The molecule has 56 heavy (non-hydrogen) atoms. The zero-order valence-electron chi connectivity index (χ0n) is 30.8. The van der Waals surface area contributed by atoms with Crippen molar-refractivity contribution in [3.63, 3.8) is 0 Å². The van der Waals surface area contributed by atoms with Crippen molar-refractivity contribution in [3.05, 3.63) is 200 Å². The van der Waals surface area contributed by atoms with Gasteiger partial charge in [0.2, 0.25) is 0 Å². The van der Waals surface area contributed by atoms with Crippen molar-refractivity contribution in [2.24, 2.45) is 4.99 Å². The fraction of sp³-hybridized carbons (Fsp3) is 0.0185. The SMILES string of the molecule is C=Nc1ccccc1N1Cc2ccccc2-c2cc(-c3ccc4c(-c5cccc6ccccc56)c5ccccc5c(-c5cccc6ccccc56)c4c3)ccc21. The van der Waals surface area contributed by atoms with Gasteiger partial charge in [-0.05, 0) is 125 Å². The first-order chi connectivity index (χ1) is 27.7.